The van der Waals surface area contributed by atoms with Gasteiger partial charge in [0.05, 0.1) is 0 Å². The molecule has 6 heteroatoms. The van der Waals surface area contributed by atoms with Crippen LogP contribution >= 0.6 is 11.6 Å². The minimum absolute atomic E-state index is 0.196. The smallest absolute Gasteiger partial charge is 0.349 e. The Morgan fingerprint density at radius 1 is 1.12 bits per heavy atom. The van der Waals surface area contributed by atoms with Gasteiger partial charge < -0.3 is 10.1 Å². The normalized spacial score (nSPS) is 10.6. The lowest BCUT2D eigenvalue weighted by atomic mass is 10.1. The number of nitrogens with one attached hydrogen (secondary N) is 1. The highest BCUT2D eigenvalue weighted by atomic mass is 35.5. The summed E-state index contributed by atoms with van der Waals surface area (Å²) in [5.74, 6) is -1.30. The fraction of sp³-hybridized carbons (Fsp3) is 0.105. The van der Waals surface area contributed by atoms with Crippen LogP contribution in [0.4, 0.5) is 0 Å². The van der Waals surface area contributed by atoms with Gasteiger partial charge in [-0.05, 0) is 29.3 Å². The van der Waals surface area contributed by atoms with E-state index in [0.29, 0.717) is 17.1 Å². The van der Waals surface area contributed by atoms with Gasteiger partial charge in [-0.2, -0.15) is 5.26 Å². The molecule has 126 valence electrons. The molecule has 0 aliphatic heterocycles. The molecule has 0 aromatic heterocycles. The summed E-state index contributed by atoms with van der Waals surface area (Å²) >= 11 is 5.78. The first-order chi connectivity index (χ1) is 12.1. The number of carbonyl (C=O) groups is 2. The average Bonchev–Trinajstić information content (AvgIpc) is 2.64. The van der Waals surface area contributed by atoms with Crippen molar-refractivity contribution >= 4 is 29.6 Å². The summed E-state index contributed by atoms with van der Waals surface area (Å²) in [5.41, 5.74) is 1.37. The number of benzene rings is 2. The van der Waals surface area contributed by atoms with Crippen LogP contribution in [0.15, 0.2) is 60.2 Å². The maximum Gasteiger partial charge on any atom is 0.349 e. The summed E-state index contributed by atoms with van der Waals surface area (Å²) in [4.78, 5) is 23.6. The van der Waals surface area contributed by atoms with Gasteiger partial charge in [-0.25, -0.2) is 4.79 Å². The van der Waals surface area contributed by atoms with Gasteiger partial charge in [0.15, 0.2) is 6.61 Å². The van der Waals surface area contributed by atoms with Crippen molar-refractivity contribution in [2.75, 3.05) is 6.61 Å². The molecule has 0 aliphatic carbocycles. The molecule has 0 fully saturated rings. The molecule has 0 radical (unpaired) electrons. The van der Waals surface area contributed by atoms with Gasteiger partial charge in [0.2, 0.25) is 0 Å². The second-order valence-electron chi connectivity index (χ2n) is 5.06. The molecule has 0 unspecified atom stereocenters. The number of hydrogen-bond donors (Lipinski definition) is 1. The number of carbonyl (C=O) groups excluding carboxylic acids is 2. The lowest BCUT2D eigenvalue weighted by molar-refractivity contribution is -0.144. The molecule has 1 amide bonds. The van der Waals surface area contributed by atoms with E-state index in [1.54, 1.807) is 30.3 Å². The quantitative estimate of drug-likeness (QED) is 0.491. The Morgan fingerprint density at radius 2 is 1.80 bits per heavy atom. The third kappa shape index (κ3) is 6.13. The predicted molar refractivity (Wildman–Crippen MR) is 94.3 cm³/mol. The molecule has 1 N–H and O–H groups in total. The molecule has 2 aromatic carbocycles. The molecule has 2 rings (SSSR count). The Labute approximate surface area is 150 Å². The molecular weight excluding hydrogens is 340 g/mol. The molecule has 0 heterocycles. The van der Waals surface area contributed by atoms with E-state index in [0.717, 1.165) is 5.56 Å². The zero-order valence-corrected chi connectivity index (χ0v) is 14.0. The maximum atomic E-state index is 11.9. The first kappa shape index (κ1) is 18.2. The van der Waals surface area contributed by atoms with Gasteiger partial charge in [-0.1, -0.05) is 54.1 Å². The van der Waals surface area contributed by atoms with Crippen LogP contribution in [0.3, 0.4) is 0 Å². The molecule has 2 aromatic rings. The molecular formula is C19H15ClN2O3. The van der Waals surface area contributed by atoms with Gasteiger partial charge in [0, 0.05) is 11.6 Å². The number of halogens is 1. The zero-order chi connectivity index (χ0) is 18.1. The molecule has 0 saturated heterocycles. The van der Waals surface area contributed by atoms with Crippen molar-refractivity contribution < 1.29 is 14.3 Å². The van der Waals surface area contributed by atoms with Crippen molar-refractivity contribution in [1.82, 2.24) is 5.32 Å². The summed E-state index contributed by atoms with van der Waals surface area (Å²) < 4.78 is 4.87. The highest BCUT2D eigenvalue weighted by Crippen LogP contribution is 2.13. The van der Waals surface area contributed by atoms with Crippen LogP contribution in [0.25, 0.3) is 6.08 Å². The second-order valence-corrected chi connectivity index (χ2v) is 5.50. The minimum atomic E-state index is -0.854. The summed E-state index contributed by atoms with van der Waals surface area (Å²) in [6, 6.07) is 17.7. The number of nitriles is 1. The molecule has 0 spiro atoms. The van der Waals surface area contributed by atoms with Gasteiger partial charge >= 0.3 is 5.97 Å². The lowest BCUT2D eigenvalue weighted by Gasteiger charge is -2.06. The SMILES string of the molecule is N#C/C(=C/c1ccc(Cl)cc1)C(=O)OCC(=O)NCc1ccccc1. The van der Waals surface area contributed by atoms with E-state index in [9.17, 15) is 9.59 Å². The van der Waals surface area contributed by atoms with Gasteiger partial charge in [0.1, 0.15) is 11.6 Å². The predicted octanol–water partition coefficient (Wildman–Crippen LogP) is 3.11. The van der Waals surface area contributed by atoms with Crippen LogP contribution in [0.2, 0.25) is 5.02 Å². The molecule has 25 heavy (non-hydrogen) atoms. The van der Waals surface area contributed by atoms with E-state index >= 15 is 0 Å². The number of amides is 1. The van der Waals surface area contributed by atoms with Crippen LogP contribution in [0.1, 0.15) is 11.1 Å². The van der Waals surface area contributed by atoms with E-state index in [1.807, 2.05) is 30.3 Å². The van der Waals surface area contributed by atoms with E-state index in [-0.39, 0.29) is 5.57 Å². The molecule has 0 atom stereocenters. The van der Waals surface area contributed by atoms with E-state index in [1.165, 1.54) is 6.08 Å². The Morgan fingerprint density at radius 3 is 2.44 bits per heavy atom. The monoisotopic (exact) mass is 354 g/mol. The van der Waals surface area contributed by atoms with Crippen molar-refractivity contribution in [2.45, 2.75) is 6.54 Å². The van der Waals surface area contributed by atoms with Gasteiger partial charge in [-0.15, -0.1) is 0 Å². The highest BCUT2D eigenvalue weighted by Gasteiger charge is 2.13. The summed E-state index contributed by atoms with van der Waals surface area (Å²) in [5, 5.41) is 12.3. The highest BCUT2D eigenvalue weighted by molar-refractivity contribution is 6.30. The standard InChI is InChI=1S/C19H15ClN2O3/c20-17-8-6-14(7-9-17)10-16(11-21)19(24)25-13-18(23)22-12-15-4-2-1-3-5-15/h1-10H,12-13H2,(H,22,23)/b16-10-. The number of esters is 1. The fourth-order valence-corrected chi connectivity index (χ4v) is 2.04. The first-order valence-electron chi connectivity index (χ1n) is 7.43. The van der Waals surface area contributed by atoms with E-state index in [2.05, 4.69) is 5.32 Å². The minimum Gasteiger partial charge on any atom is -0.451 e. The number of hydrogen-bond acceptors (Lipinski definition) is 4. The van der Waals surface area contributed by atoms with Crippen molar-refractivity contribution in [1.29, 1.82) is 5.26 Å². The number of ether oxygens (including phenoxy) is 1. The van der Waals surface area contributed by atoms with Crippen LogP contribution in [-0.4, -0.2) is 18.5 Å². The Bertz CT molecular complexity index is 809. The molecule has 0 bridgehead atoms. The fourth-order valence-electron chi connectivity index (χ4n) is 1.92. The van der Waals surface area contributed by atoms with Gasteiger partial charge in [-0.3, -0.25) is 4.79 Å². The van der Waals surface area contributed by atoms with Crippen LogP contribution in [0.5, 0.6) is 0 Å². The molecule has 5 nitrogen and oxygen atoms in total. The topological polar surface area (TPSA) is 79.2 Å². The van der Waals surface area contributed by atoms with Crippen molar-refractivity contribution in [3.8, 4) is 6.07 Å². The van der Waals surface area contributed by atoms with Crippen LogP contribution < -0.4 is 5.32 Å². The summed E-state index contributed by atoms with van der Waals surface area (Å²) in [6.07, 6.45) is 1.38. The van der Waals surface area contributed by atoms with Crippen molar-refractivity contribution in [3.05, 3.63) is 76.3 Å². The van der Waals surface area contributed by atoms with Crippen molar-refractivity contribution in [2.24, 2.45) is 0 Å². The largest absolute Gasteiger partial charge is 0.451 e. The van der Waals surface area contributed by atoms with E-state index in [4.69, 9.17) is 21.6 Å². The Hall–Kier alpha value is -3.10. The van der Waals surface area contributed by atoms with Crippen LogP contribution in [-0.2, 0) is 20.9 Å². The summed E-state index contributed by atoms with van der Waals surface area (Å²) in [7, 11) is 0. The third-order valence-corrected chi connectivity index (χ3v) is 3.44. The van der Waals surface area contributed by atoms with Crippen molar-refractivity contribution in [3.63, 3.8) is 0 Å². The molecule has 0 saturated carbocycles. The zero-order valence-electron chi connectivity index (χ0n) is 13.2. The second kappa shape index (κ2) is 9.26. The van der Waals surface area contributed by atoms with Crippen LogP contribution in [0, 0.1) is 11.3 Å². The summed E-state index contributed by atoms with van der Waals surface area (Å²) in [6.45, 7) is -0.117. The third-order valence-electron chi connectivity index (χ3n) is 3.19. The lowest BCUT2D eigenvalue weighted by Crippen LogP contribution is -2.28. The Kier molecular flexibility index (Phi) is 6.76. The number of nitrogens with zero attached hydrogens (tertiary/aromatic N) is 1. The maximum absolute atomic E-state index is 11.9. The average molecular weight is 355 g/mol. The Balaban J connectivity index is 1.86. The molecule has 0 aliphatic rings. The van der Waals surface area contributed by atoms with Gasteiger partial charge in [0.25, 0.3) is 5.91 Å². The first-order valence-corrected chi connectivity index (χ1v) is 7.81. The number of rotatable bonds is 6. The van der Waals surface area contributed by atoms with E-state index < -0.39 is 18.5 Å².